The molecule has 1 N–H and O–H groups in total. The standard InChI is InChI=1S/C11H9ClN2S/c12-11-9(4-1-5-10(11)15)14-8-3-2-6-13-7-8/h1-7,14-15H. The maximum atomic E-state index is 6.08. The average molecular weight is 237 g/mol. The number of hydrogen-bond donors (Lipinski definition) is 2. The molecule has 1 heterocycles. The van der Waals surface area contributed by atoms with Gasteiger partial charge < -0.3 is 5.32 Å². The average Bonchev–Trinajstić information content (AvgIpc) is 2.26. The Kier molecular flexibility index (Phi) is 3.14. The van der Waals surface area contributed by atoms with Crippen LogP contribution in [-0.2, 0) is 0 Å². The van der Waals surface area contributed by atoms with Crippen molar-refractivity contribution in [1.82, 2.24) is 4.98 Å². The zero-order valence-electron chi connectivity index (χ0n) is 7.81. The van der Waals surface area contributed by atoms with Crippen molar-refractivity contribution in [3.63, 3.8) is 0 Å². The summed E-state index contributed by atoms with van der Waals surface area (Å²) in [4.78, 5) is 4.76. The molecule has 0 aliphatic rings. The number of hydrogen-bond acceptors (Lipinski definition) is 3. The van der Waals surface area contributed by atoms with Crippen molar-refractivity contribution in [2.45, 2.75) is 4.90 Å². The highest BCUT2D eigenvalue weighted by molar-refractivity contribution is 7.80. The summed E-state index contributed by atoms with van der Waals surface area (Å²) in [5.41, 5.74) is 1.73. The van der Waals surface area contributed by atoms with Gasteiger partial charge >= 0.3 is 0 Å². The van der Waals surface area contributed by atoms with Crippen molar-refractivity contribution >= 4 is 35.6 Å². The lowest BCUT2D eigenvalue weighted by atomic mass is 10.3. The molecule has 76 valence electrons. The van der Waals surface area contributed by atoms with E-state index in [0.717, 1.165) is 16.3 Å². The van der Waals surface area contributed by atoms with Crippen LogP contribution in [0.4, 0.5) is 11.4 Å². The fourth-order valence-corrected chi connectivity index (χ4v) is 1.59. The molecule has 1 aromatic carbocycles. The van der Waals surface area contributed by atoms with Gasteiger partial charge in [-0.15, -0.1) is 12.6 Å². The molecule has 0 aliphatic carbocycles. The molecule has 0 saturated heterocycles. The first-order valence-corrected chi connectivity index (χ1v) is 5.24. The lowest BCUT2D eigenvalue weighted by Crippen LogP contribution is -1.91. The van der Waals surface area contributed by atoms with Crippen LogP contribution in [0.2, 0.25) is 5.02 Å². The van der Waals surface area contributed by atoms with E-state index in [9.17, 15) is 0 Å². The minimum absolute atomic E-state index is 0.615. The van der Waals surface area contributed by atoms with E-state index in [2.05, 4.69) is 22.9 Å². The van der Waals surface area contributed by atoms with Gasteiger partial charge in [0.05, 0.1) is 22.6 Å². The van der Waals surface area contributed by atoms with E-state index in [4.69, 9.17) is 11.6 Å². The first-order valence-electron chi connectivity index (χ1n) is 4.42. The molecular formula is C11H9ClN2S. The van der Waals surface area contributed by atoms with Gasteiger partial charge in [0.25, 0.3) is 0 Å². The molecule has 0 aliphatic heterocycles. The maximum absolute atomic E-state index is 6.08. The number of anilines is 2. The Labute approximate surface area is 98.7 Å². The predicted octanol–water partition coefficient (Wildman–Crippen LogP) is 3.77. The van der Waals surface area contributed by atoms with E-state index in [-0.39, 0.29) is 0 Å². The smallest absolute Gasteiger partial charge is 0.0774 e. The van der Waals surface area contributed by atoms with Crippen molar-refractivity contribution in [2.24, 2.45) is 0 Å². The van der Waals surface area contributed by atoms with Gasteiger partial charge in [0, 0.05) is 11.1 Å². The Bertz CT molecular complexity index is 459. The summed E-state index contributed by atoms with van der Waals surface area (Å²) in [6.07, 6.45) is 3.46. The monoisotopic (exact) mass is 236 g/mol. The normalized spacial score (nSPS) is 10.0. The zero-order chi connectivity index (χ0) is 10.7. The topological polar surface area (TPSA) is 24.9 Å². The number of halogens is 1. The van der Waals surface area contributed by atoms with Gasteiger partial charge in [-0.25, -0.2) is 0 Å². The highest BCUT2D eigenvalue weighted by Gasteiger charge is 2.02. The first-order chi connectivity index (χ1) is 7.27. The van der Waals surface area contributed by atoms with Gasteiger partial charge in [-0.05, 0) is 24.3 Å². The minimum atomic E-state index is 0.615. The van der Waals surface area contributed by atoms with Crippen LogP contribution in [-0.4, -0.2) is 4.98 Å². The second-order valence-electron chi connectivity index (χ2n) is 3.01. The highest BCUT2D eigenvalue weighted by atomic mass is 35.5. The van der Waals surface area contributed by atoms with Crippen LogP contribution in [0.3, 0.4) is 0 Å². The quantitative estimate of drug-likeness (QED) is 0.776. The summed E-state index contributed by atoms with van der Waals surface area (Å²) >= 11 is 10.3. The number of nitrogens with one attached hydrogen (secondary N) is 1. The van der Waals surface area contributed by atoms with Crippen LogP contribution in [0, 0.1) is 0 Å². The fourth-order valence-electron chi connectivity index (χ4n) is 1.21. The van der Waals surface area contributed by atoms with Gasteiger partial charge in [-0.2, -0.15) is 0 Å². The molecule has 0 amide bonds. The maximum Gasteiger partial charge on any atom is 0.0774 e. The molecule has 0 unspecified atom stereocenters. The molecule has 0 fully saturated rings. The molecule has 4 heteroatoms. The highest BCUT2D eigenvalue weighted by Crippen LogP contribution is 2.30. The second kappa shape index (κ2) is 4.55. The number of benzene rings is 1. The second-order valence-corrected chi connectivity index (χ2v) is 3.87. The molecule has 2 nitrogen and oxygen atoms in total. The molecular weight excluding hydrogens is 228 g/mol. The summed E-state index contributed by atoms with van der Waals surface area (Å²) in [5, 5.41) is 3.79. The lowest BCUT2D eigenvalue weighted by molar-refractivity contribution is 1.32. The fraction of sp³-hybridized carbons (Fsp3) is 0. The SMILES string of the molecule is Sc1cccc(Nc2cccnc2)c1Cl. The Morgan fingerprint density at radius 2 is 2.07 bits per heavy atom. The van der Waals surface area contributed by atoms with Crippen LogP contribution in [0.15, 0.2) is 47.6 Å². The predicted molar refractivity (Wildman–Crippen MR) is 66.2 cm³/mol. The van der Waals surface area contributed by atoms with E-state index >= 15 is 0 Å². The third-order valence-electron chi connectivity index (χ3n) is 1.92. The third-order valence-corrected chi connectivity index (χ3v) is 2.83. The van der Waals surface area contributed by atoms with Crippen molar-refractivity contribution in [1.29, 1.82) is 0 Å². The Balaban J connectivity index is 2.29. The van der Waals surface area contributed by atoms with Crippen molar-refractivity contribution in [2.75, 3.05) is 5.32 Å². The Morgan fingerprint density at radius 3 is 2.80 bits per heavy atom. The number of pyridine rings is 1. The molecule has 0 saturated carbocycles. The van der Waals surface area contributed by atoms with Crippen LogP contribution >= 0.6 is 24.2 Å². The largest absolute Gasteiger partial charge is 0.353 e. The van der Waals surface area contributed by atoms with Crippen molar-refractivity contribution in [3.8, 4) is 0 Å². The van der Waals surface area contributed by atoms with Gasteiger partial charge in [0.15, 0.2) is 0 Å². The number of nitrogens with zero attached hydrogens (tertiary/aromatic N) is 1. The molecule has 1 aromatic heterocycles. The molecule has 0 spiro atoms. The van der Waals surface area contributed by atoms with Crippen LogP contribution < -0.4 is 5.32 Å². The van der Waals surface area contributed by atoms with E-state index in [1.165, 1.54) is 0 Å². The minimum Gasteiger partial charge on any atom is -0.353 e. The van der Waals surface area contributed by atoms with Gasteiger partial charge in [-0.1, -0.05) is 17.7 Å². The lowest BCUT2D eigenvalue weighted by Gasteiger charge is -2.08. The number of thiol groups is 1. The Morgan fingerprint density at radius 1 is 1.20 bits per heavy atom. The van der Waals surface area contributed by atoms with Gasteiger partial charge in [0.2, 0.25) is 0 Å². The molecule has 15 heavy (non-hydrogen) atoms. The van der Waals surface area contributed by atoms with Crippen LogP contribution in [0.25, 0.3) is 0 Å². The molecule has 2 rings (SSSR count). The summed E-state index contributed by atoms with van der Waals surface area (Å²) < 4.78 is 0. The zero-order valence-corrected chi connectivity index (χ0v) is 9.46. The van der Waals surface area contributed by atoms with Crippen molar-refractivity contribution in [3.05, 3.63) is 47.7 Å². The van der Waals surface area contributed by atoms with Gasteiger partial charge in [-0.3, -0.25) is 4.98 Å². The summed E-state index contributed by atoms with van der Waals surface area (Å²) in [7, 11) is 0. The molecule has 2 aromatic rings. The van der Waals surface area contributed by atoms with Crippen LogP contribution in [0.5, 0.6) is 0 Å². The van der Waals surface area contributed by atoms with Crippen LogP contribution in [0.1, 0.15) is 0 Å². The summed E-state index contributed by atoms with van der Waals surface area (Å²) in [6.45, 7) is 0. The van der Waals surface area contributed by atoms with E-state index < -0.39 is 0 Å². The number of rotatable bonds is 2. The molecule has 0 bridgehead atoms. The summed E-state index contributed by atoms with van der Waals surface area (Å²) in [5.74, 6) is 0. The number of aromatic nitrogens is 1. The first kappa shape index (κ1) is 10.3. The van der Waals surface area contributed by atoms with E-state index in [0.29, 0.717) is 5.02 Å². The van der Waals surface area contributed by atoms with Crippen molar-refractivity contribution < 1.29 is 0 Å². The van der Waals surface area contributed by atoms with E-state index in [1.54, 1.807) is 12.4 Å². The molecule has 0 radical (unpaired) electrons. The van der Waals surface area contributed by atoms with Gasteiger partial charge in [0.1, 0.15) is 0 Å². The Hall–Kier alpha value is -1.19. The van der Waals surface area contributed by atoms with E-state index in [1.807, 2.05) is 30.3 Å². The molecule has 0 atom stereocenters. The third kappa shape index (κ3) is 2.43. The summed E-state index contributed by atoms with van der Waals surface area (Å²) in [6, 6.07) is 9.43.